The molecule has 0 aromatic heterocycles. The lowest BCUT2D eigenvalue weighted by molar-refractivity contribution is -0.00797. The van der Waals surface area contributed by atoms with Crippen molar-refractivity contribution < 1.29 is 4.74 Å². The molecule has 2 aromatic rings. The summed E-state index contributed by atoms with van der Waals surface area (Å²) in [7, 11) is 0. The third-order valence-corrected chi connectivity index (χ3v) is 4.99. The van der Waals surface area contributed by atoms with Gasteiger partial charge in [-0.1, -0.05) is 54.1 Å². The normalized spacial score (nSPS) is 20.3. The molecular weight excluding hydrogens is 306 g/mol. The number of benzene rings is 2. The average molecular weight is 330 g/mol. The number of halogens is 1. The molecule has 1 aliphatic heterocycles. The third kappa shape index (κ3) is 3.95. The Kier molecular flexibility index (Phi) is 5.37. The topological polar surface area (TPSA) is 21.3 Å². The number of rotatable bonds is 6. The Hall–Kier alpha value is -1.35. The molecule has 1 saturated heterocycles. The molecule has 2 aromatic carbocycles. The van der Waals surface area contributed by atoms with Gasteiger partial charge in [0.2, 0.25) is 0 Å². The van der Waals surface area contributed by atoms with E-state index >= 15 is 0 Å². The average Bonchev–Trinajstić information content (AvgIpc) is 3.09. The summed E-state index contributed by atoms with van der Waals surface area (Å²) in [5, 5.41) is 4.28. The van der Waals surface area contributed by atoms with E-state index < -0.39 is 5.60 Å². The smallest absolute Gasteiger partial charge is 0.115 e. The van der Waals surface area contributed by atoms with Crippen LogP contribution in [-0.2, 0) is 10.3 Å². The van der Waals surface area contributed by atoms with Gasteiger partial charge in [-0.3, -0.25) is 0 Å². The highest BCUT2D eigenvalue weighted by atomic mass is 35.5. The van der Waals surface area contributed by atoms with Gasteiger partial charge in [-0.15, -0.1) is 0 Å². The lowest BCUT2D eigenvalue weighted by Gasteiger charge is -2.32. The summed E-state index contributed by atoms with van der Waals surface area (Å²) in [6, 6.07) is 19.0. The summed E-state index contributed by atoms with van der Waals surface area (Å²) in [5.41, 5.74) is 1.85. The van der Waals surface area contributed by atoms with Crippen molar-refractivity contribution in [1.29, 1.82) is 0 Å². The van der Waals surface area contributed by atoms with Gasteiger partial charge in [0.1, 0.15) is 5.60 Å². The van der Waals surface area contributed by atoms with Crippen LogP contribution < -0.4 is 5.32 Å². The van der Waals surface area contributed by atoms with Crippen LogP contribution >= 0.6 is 11.6 Å². The Morgan fingerprint density at radius 2 is 1.78 bits per heavy atom. The van der Waals surface area contributed by atoms with Crippen LogP contribution in [0.5, 0.6) is 0 Å². The van der Waals surface area contributed by atoms with Crippen LogP contribution in [-0.4, -0.2) is 19.2 Å². The van der Waals surface area contributed by atoms with E-state index in [2.05, 4.69) is 48.6 Å². The van der Waals surface area contributed by atoms with E-state index in [-0.39, 0.29) is 0 Å². The zero-order chi connectivity index (χ0) is 16.1. The van der Waals surface area contributed by atoms with Gasteiger partial charge in [-0.2, -0.15) is 0 Å². The van der Waals surface area contributed by atoms with Gasteiger partial charge in [-0.05, 0) is 56.0 Å². The van der Waals surface area contributed by atoms with Crippen molar-refractivity contribution in [2.24, 2.45) is 0 Å². The van der Waals surface area contributed by atoms with Crippen LogP contribution in [0.15, 0.2) is 54.6 Å². The first-order valence-electron chi connectivity index (χ1n) is 8.37. The molecule has 1 heterocycles. The van der Waals surface area contributed by atoms with Crippen LogP contribution in [0.2, 0.25) is 5.02 Å². The van der Waals surface area contributed by atoms with E-state index in [4.69, 9.17) is 16.3 Å². The second-order valence-electron chi connectivity index (χ2n) is 6.34. The lowest BCUT2D eigenvalue weighted by atomic mass is 9.88. The minimum atomic E-state index is -0.454. The minimum absolute atomic E-state index is 0.454. The van der Waals surface area contributed by atoms with Crippen molar-refractivity contribution in [2.75, 3.05) is 13.2 Å². The highest BCUT2D eigenvalue weighted by Gasteiger charge is 2.30. The zero-order valence-corrected chi connectivity index (χ0v) is 14.4. The number of nitrogens with one attached hydrogen (secondary N) is 1. The summed E-state index contributed by atoms with van der Waals surface area (Å²) < 4.78 is 6.42. The molecule has 0 spiro atoms. The maximum absolute atomic E-state index is 6.42. The highest BCUT2D eigenvalue weighted by molar-refractivity contribution is 6.30. The van der Waals surface area contributed by atoms with E-state index in [1.165, 1.54) is 18.4 Å². The second-order valence-corrected chi connectivity index (χ2v) is 6.77. The van der Waals surface area contributed by atoms with Crippen molar-refractivity contribution in [3.63, 3.8) is 0 Å². The fourth-order valence-electron chi connectivity index (χ4n) is 3.27. The fourth-order valence-corrected chi connectivity index (χ4v) is 3.39. The Labute approximate surface area is 143 Å². The summed E-state index contributed by atoms with van der Waals surface area (Å²) in [6.07, 6.45) is 3.58. The Morgan fingerprint density at radius 3 is 2.43 bits per heavy atom. The van der Waals surface area contributed by atoms with Gasteiger partial charge < -0.3 is 10.1 Å². The quantitative estimate of drug-likeness (QED) is 0.824. The molecule has 3 heteroatoms. The van der Waals surface area contributed by atoms with Gasteiger partial charge in [0.15, 0.2) is 0 Å². The highest BCUT2D eigenvalue weighted by Crippen LogP contribution is 2.34. The number of hydrogen-bond donors (Lipinski definition) is 1. The predicted octanol–water partition coefficient (Wildman–Crippen LogP) is 4.76. The SMILES string of the molecule is C[C@@](OCC[C@H]1CCCN1)(c1ccccc1)c1ccc(Cl)cc1. The summed E-state index contributed by atoms with van der Waals surface area (Å²) in [6.45, 7) is 4.02. The molecule has 0 unspecified atom stereocenters. The van der Waals surface area contributed by atoms with Crippen molar-refractivity contribution in [2.45, 2.75) is 37.8 Å². The fraction of sp³-hybridized carbons (Fsp3) is 0.400. The van der Waals surface area contributed by atoms with Crippen molar-refractivity contribution in [3.8, 4) is 0 Å². The Morgan fingerprint density at radius 1 is 1.09 bits per heavy atom. The summed E-state index contributed by atoms with van der Waals surface area (Å²) in [4.78, 5) is 0. The molecule has 0 bridgehead atoms. The maximum Gasteiger partial charge on any atom is 0.115 e. The summed E-state index contributed by atoms with van der Waals surface area (Å²) >= 11 is 6.05. The first-order valence-corrected chi connectivity index (χ1v) is 8.75. The molecule has 23 heavy (non-hydrogen) atoms. The molecule has 1 N–H and O–H groups in total. The van der Waals surface area contributed by atoms with Gasteiger partial charge >= 0.3 is 0 Å². The zero-order valence-electron chi connectivity index (χ0n) is 13.6. The van der Waals surface area contributed by atoms with Crippen LogP contribution in [0.3, 0.4) is 0 Å². The molecule has 2 atom stereocenters. The molecule has 0 saturated carbocycles. The van der Waals surface area contributed by atoms with E-state index in [9.17, 15) is 0 Å². The first-order chi connectivity index (χ1) is 11.2. The van der Waals surface area contributed by atoms with Crippen molar-refractivity contribution >= 4 is 11.6 Å². The van der Waals surface area contributed by atoms with Crippen LogP contribution in [0.4, 0.5) is 0 Å². The lowest BCUT2D eigenvalue weighted by Crippen LogP contribution is -2.30. The van der Waals surface area contributed by atoms with Crippen LogP contribution in [0.1, 0.15) is 37.3 Å². The number of hydrogen-bond acceptors (Lipinski definition) is 2. The van der Waals surface area contributed by atoms with Gasteiger partial charge in [0.25, 0.3) is 0 Å². The van der Waals surface area contributed by atoms with Gasteiger partial charge in [-0.25, -0.2) is 0 Å². The third-order valence-electron chi connectivity index (χ3n) is 4.74. The molecule has 3 rings (SSSR count). The predicted molar refractivity (Wildman–Crippen MR) is 95.9 cm³/mol. The van der Waals surface area contributed by atoms with E-state index in [1.54, 1.807) is 0 Å². The standard InChI is InChI=1S/C20H24ClNO/c1-20(16-6-3-2-4-7-16,17-9-11-18(21)12-10-17)23-15-13-19-8-5-14-22-19/h2-4,6-7,9-12,19,22H,5,8,13-15H2,1H3/t19-,20-/m1/s1. The molecule has 2 nitrogen and oxygen atoms in total. The minimum Gasteiger partial charge on any atom is -0.366 e. The number of ether oxygens (including phenoxy) is 1. The Balaban J connectivity index is 1.79. The van der Waals surface area contributed by atoms with Crippen molar-refractivity contribution in [1.82, 2.24) is 5.32 Å². The molecule has 0 amide bonds. The van der Waals surface area contributed by atoms with Crippen molar-refractivity contribution in [3.05, 3.63) is 70.7 Å². The van der Waals surface area contributed by atoms with Gasteiger partial charge in [0, 0.05) is 17.7 Å². The molecule has 1 aliphatic rings. The first kappa shape index (κ1) is 16.5. The second kappa shape index (κ2) is 7.48. The largest absolute Gasteiger partial charge is 0.366 e. The molecule has 0 radical (unpaired) electrons. The van der Waals surface area contributed by atoms with Crippen LogP contribution in [0.25, 0.3) is 0 Å². The maximum atomic E-state index is 6.42. The van der Waals surface area contributed by atoms with Gasteiger partial charge in [0.05, 0.1) is 0 Å². The monoisotopic (exact) mass is 329 g/mol. The molecule has 122 valence electrons. The van der Waals surface area contributed by atoms with E-state index in [0.717, 1.165) is 30.2 Å². The molecular formula is C20H24ClNO. The van der Waals surface area contributed by atoms with E-state index in [1.807, 2.05) is 18.2 Å². The van der Waals surface area contributed by atoms with E-state index in [0.29, 0.717) is 6.04 Å². The van der Waals surface area contributed by atoms with Crippen LogP contribution in [0, 0.1) is 0 Å². The molecule has 1 fully saturated rings. The Bertz CT molecular complexity index is 607. The summed E-state index contributed by atoms with van der Waals surface area (Å²) in [5.74, 6) is 0. The molecule has 0 aliphatic carbocycles.